The van der Waals surface area contributed by atoms with Crippen LogP contribution in [0.25, 0.3) is 0 Å². The number of amides is 1. The molecule has 17 heavy (non-hydrogen) atoms. The van der Waals surface area contributed by atoms with Crippen LogP contribution in [0.4, 0.5) is 0 Å². The maximum atomic E-state index is 12.0. The van der Waals surface area contributed by atoms with Gasteiger partial charge in [-0.15, -0.1) is 11.3 Å². The summed E-state index contributed by atoms with van der Waals surface area (Å²) in [6.45, 7) is 2.85. The summed E-state index contributed by atoms with van der Waals surface area (Å²) in [7, 11) is 0. The van der Waals surface area contributed by atoms with E-state index in [1.807, 2.05) is 41.3 Å². The molecule has 0 saturated carbocycles. The average Bonchev–Trinajstić information content (AvgIpc) is 2.76. The van der Waals surface area contributed by atoms with Crippen LogP contribution in [0.3, 0.4) is 0 Å². The predicted octanol–water partition coefficient (Wildman–Crippen LogP) is 2.92. The Morgan fingerprint density at radius 1 is 1.47 bits per heavy atom. The van der Waals surface area contributed by atoms with E-state index in [9.17, 15) is 4.79 Å². The zero-order valence-corrected chi connectivity index (χ0v) is 12.2. The Balaban J connectivity index is 2.41. The molecule has 1 amide bonds. The Bertz CT molecular complexity index is 600. The van der Waals surface area contributed by atoms with Gasteiger partial charge in [0.1, 0.15) is 0 Å². The van der Waals surface area contributed by atoms with Crippen molar-refractivity contribution in [2.24, 2.45) is 4.99 Å². The fraction of sp³-hybridized carbons (Fsp3) is 0.167. The van der Waals surface area contributed by atoms with E-state index < -0.39 is 0 Å². The molecule has 88 valence electrons. The number of rotatable bonds is 2. The molecule has 0 aliphatic heterocycles. The first kappa shape index (κ1) is 12.5. The first-order valence-corrected chi connectivity index (χ1v) is 7.15. The number of hydrogen-bond acceptors (Lipinski definition) is 2. The van der Waals surface area contributed by atoms with Crippen LogP contribution >= 0.6 is 33.9 Å². The normalized spacial score (nSPS) is 11.8. The van der Waals surface area contributed by atoms with Crippen molar-refractivity contribution in [3.05, 3.63) is 49.8 Å². The van der Waals surface area contributed by atoms with Gasteiger partial charge in [-0.1, -0.05) is 12.1 Å². The third-order valence-electron chi connectivity index (χ3n) is 2.30. The van der Waals surface area contributed by atoms with E-state index in [0.29, 0.717) is 5.56 Å². The Hall–Kier alpha value is -0.950. The molecule has 0 unspecified atom stereocenters. The highest BCUT2D eigenvalue weighted by Crippen LogP contribution is 2.12. The molecule has 5 heteroatoms. The second kappa shape index (κ2) is 5.59. The van der Waals surface area contributed by atoms with Crippen LogP contribution in [-0.2, 0) is 6.54 Å². The van der Waals surface area contributed by atoms with Crippen LogP contribution < -0.4 is 4.80 Å². The topological polar surface area (TPSA) is 34.4 Å². The minimum absolute atomic E-state index is 0.181. The lowest BCUT2D eigenvalue weighted by Gasteiger charge is -1.99. The van der Waals surface area contributed by atoms with E-state index in [2.05, 4.69) is 27.6 Å². The third kappa shape index (κ3) is 2.84. The molecular formula is C12H11IN2OS. The van der Waals surface area contributed by atoms with Crippen LogP contribution in [0.5, 0.6) is 0 Å². The summed E-state index contributed by atoms with van der Waals surface area (Å²) < 4.78 is 2.89. The molecule has 0 saturated heterocycles. The first-order valence-electron chi connectivity index (χ1n) is 5.20. The van der Waals surface area contributed by atoms with E-state index >= 15 is 0 Å². The van der Waals surface area contributed by atoms with Gasteiger partial charge in [0.05, 0.1) is 5.56 Å². The van der Waals surface area contributed by atoms with E-state index in [1.54, 1.807) is 6.07 Å². The van der Waals surface area contributed by atoms with Gasteiger partial charge in [-0.25, -0.2) is 0 Å². The molecular weight excluding hydrogens is 347 g/mol. The lowest BCUT2D eigenvalue weighted by Crippen LogP contribution is -2.15. The molecule has 0 bridgehead atoms. The summed E-state index contributed by atoms with van der Waals surface area (Å²) in [5.41, 5.74) is 0.657. The van der Waals surface area contributed by atoms with Crippen LogP contribution in [0.2, 0.25) is 0 Å². The molecule has 0 aliphatic carbocycles. The van der Waals surface area contributed by atoms with Gasteiger partial charge >= 0.3 is 0 Å². The predicted molar refractivity (Wildman–Crippen MR) is 77.0 cm³/mol. The van der Waals surface area contributed by atoms with Crippen molar-refractivity contribution < 1.29 is 4.79 Å². The van der Waals surface area contributed by atoms with Crippen LogP contribution in [0, 0.1) is 3.57 Å². The number of hydrogen-bond donors (Lipinski definition) is 0. The van der Waals surface area contributed by atoms with Crippen LogP contribution in [0.1, 0.15) is 17.3 Å². The summed E-state index contributed by atoms with van der Waals surface area (Å²) in [4.78, 5) is 16.9. The molecule has 0 fully saturated rings. The van der Waals surface area contributed by atoms with Gasteiger partial charge in [0.15, 0.2) is 4.80 Å². The van der Waals surface area contributed by atoms with Crippen LogP contribution in [-0.4, -0.2) is 10.5 Å². The average molecular weight is 358 g/mol. The molecule has 0 aliphatic rings. The molecule has 0 atom stereocenters. The molecule has 0 N–H and O–H groups in total. The third-order valence-corrected chi connectivity index (χ3v) is 4.04. The Morgan fingerprint density at radius 2 is 2.24 bits per heavy atom. The van der Waals surface area contributed by atoms with Crippen molar-refractivity contribution in [1.82, 2.24) is 4.57 Å². The standard InChI is InChI=1S/C12H11IN2OS/c1-2-15-7-8-17-12(15)14-11(16)9-5-3-4-6-10(9)13/h3-8H,2H2,1H3. The van der Waals surface area contributed by atoms with Crippen LogP contribution in [0.15, 0.2) is 40.8 Å². The maximum Gasteiger partial charge on any atom is 0.280 e. The highest BCUT2D eigenvalue weighted by molar-refractivity contribution is 14.1. The van der Waals surface area contributed by atoms with Gasteiger partial charge in [0.25, 0.3) is 5.91 Å². The van der Waals surface area contributed by atoms with E-state index in [-0.39, 0.29) is 5.91 Å². The Kier molecular flexibility index (Phi) is 4.11. The summed E-state index contributed by atoms with van der Waals surface area (Å²) in [6, 6.07) is 7.48. The molecule has 1 aromatic heterocycles. The zero-order chi connectivity index (χ0) is 12.3. The van der Waals surface area contributed by atoms with Crippen molar-refractivity contribution >= 4 is 39.8 Å². The summed E-state index contributed by atoms with van der Waals surface area (Å²) >= 11 is 3.63. The fourth-order valence-corrected chi connectivity index (χ4v) is 2.82. The molecule has 3 nitrogen and oxygen atoms in total. The van der Waals surface area contributed by atoms with Gasteiger partial charge in [-0.05, 0) is 41.6 Å². The number of thiazole rings is 1. The minimum Gasteiger partial charge on any atom is -0.324 e. The van der Waals surface area contributed by atoms with Gasteiger partial charge < -0.3 is 4.57 Å². The van der Waals surface area contributed by atoms with Crippen molar-refractivity contribution in [3.8, 4) is 0 Å². The lowest BCUT2D eigenvalue weighted by atomic mass is 10.2. The second-order valence-electron chi connectivity index (χ2n) is 3.37. The highest BCUT2D eigenvalue weighted by atomic mass is 127. The molecule has 2 aromatic rings. The summed E-state index contributed by atoms with van der Waals surface area (Å²) in [5, 5.41) is 1.94. The van der Waals surface area contributed by atoms with E-state index in [4.69, 9.17) is 0 Å². The quantitative estimate of drug-likeness (QED) is 0.761. The molecule has 0 radical (unpaired) electrons. The fourth-order valence-electron chi connectivity index (χ4n) is 1.41. The van der Waals surface area contributed by atoms with Gasteiger partial charge in [0, 0.05) is 21.7 Å². The van der Waals surface area contributed by atoms with Gasteiger partial charge in [-0.3, -0.25) is 4.79 Å². The first-order chi connectivity index (χ1) is 8.22. The monoisotopic (exact) mass is 358 g/mol. The maximum absolute atomic E-state index is 12.0. The molecule has 0 spiro atoms. The molecule has 2 rings (SSSR count). The van der Waals surface area contributed by atoms with Crippen molar-refractivity contribution in [3.63, 3.8) is 0 Å². The Labute approximate surface area is 117 Å². The minimum atomic E-state index is -0.181. The second-order valence-corrected chi connectivity index (χ2v) is 5.40. The summed E-state index contributed by atoms with van der Waals surface area (Å²) in [5.74, 6) is -0.181. The van der Waals surface area contributed by atoms with Crippen molar-refractivity contribution in [2.45, 2.75) is 13.5 Å². The van der Waals surface area contributed by atoms with E-state index in [0.717, 1.165) is 14.9 Å². The van der Waals surface area contributed by atoms with Gasteiger partial charge in [-0.2, -0.15) is 4.99 Å². The number of nitrogens with zero attached hydrogens (tertiary/aromatic N) is 2. The van der Waals surface area contributed by atoms with E-state index in [1.165, 1.54) is 11.3 Å². The smallest absolute Gasteiger partial charge is 0.280 e. The largest absolute Gasteiger partial charge is 0.324 e. The lowest BCUT2D eigenvalue weighted by molar-refractivity contribution is 0.0997. The number of carbonyl (C=O) groups is 1. The van der Waals surface area contributed by atoms with Crippen molar-refractivity contribution in [2.75, 3.05) is 0 Å². The van der Waals surface area contributed by atoms with Gasteiger partial charge in [0.2, 0.25) is 0 Å². The highest BCUT2D eigenvalue weighted by Gasteiger charge is 2.07. The Morgan fingerprint density at radius 3 is 2.94 bits per heavy atom. The number of carbonyl (C=O) groups excluding carboxylic acids is 1. The molecule has 1 heterocycles. The number of aryl methyl sites for hydroxylation is 1. The SMILES string of the molecule is CCn1ccsc1=NC(=O)c1ccccc1I. The number of benzene rings is 1. The zero-order valence-electron chi connectivity index (χ0n) is 9.26. The van der Waals surface area contributed by atoms with Crippen molar-refractivity contribution in [1.29, 1.82) is 0 Å². The summed E-state index contributed by atoms with van der Waals surface area (Å²) in [6.07, 6.45) is 1.94. The number of halogens is 1. The molecule has 1 aromatic carbocycles. The number of aromatic nitrogens is 1.